The van der Waals surface area contributed by atoms with Crippen LogP contribution in [0.25, 0.3) is 0 Å². The Morgan fingerprint density at radius 2 is 1.92 bits per heavy atom. The van der Waals surface area contributed by atoms with Crippen LogP contribution in [0.15, 0.2) is 47.1 Å². The van der Waals surface area contributed by atoms with Crippen LogP contribution < -0.4 is 10.1 Å². The third kappa shape index (κ3) is 4.13. The molecule has 1 amide bonds. The average Bonchev–Trinajstić information content (AvgIpc) is 2.64. The van der Waals surface area contributed by atoms with Crippen LogP contribution in [-0.2, 0) is 0 Å². The standard InChI is InChI=1S/C18H20BrN3O2/c1-22(15-8-10-20-11-9-15)18(23)13-2-7-17(21-12-13)24-16-5-3-14(19)4-6-16/h2-7,12,15,20H,8-11H2,1H3. The SMILES string of the molecule is CN(C(=O)c1ccc(Oc2ccc(Br)cc2)nc1)C1CCNCC1. The molecule has 0 atom stereocenters. The third-order valence-electron chi connectivity index (χ3n) is 4.20. The van der Waals surface area contributed by atoms with Crippen molar-refractivity contribution in [3.05, 3.63) is 52.6 Å². The van der Waals surface area contributed by atoms with Gasteiger partial charge in [-0.3, -0.25) is 4.79 Å². The summed E-state index contributed by atoms with van der Waals surface area (Å²) in [6, 6.07) is 11.3. The summed E-state index contributed by atoms with van der Waals surface area (Å²) in [7, 11) is 1.87. The van der Waals surface area contributed by atoms with Crippen molar-refractivity contribution in [1.82, 2.24) is 15.2 Å². The predicted octanol–water partition coefficient (Wildman–Crippen LogP) is 3.46. The third-order valence-corrected chi connectivity index (χ3v) is 4.72. The number of ether oxygens (including phenoxy) is 1. The molecule has 0 radical (unpaired) electrons. The second-order valence-corrected chi connectivity index (χ2v) is 6.75. The second-order valence-electron chi connectivity index (χ2n) is 5.84. The van der Waals surface area contributed by atoms with E-state index in [-0.39, 0.29) is 11.9 Å². The minimum Gasteiger partial charge on any atom is -0.439 e. The van der Waals surface area contributed by atoms with Crippen molar-refractivity contribution < 1.29 is 9.53 Å². The van der Waals surface area contributed by atoms with E-state index >= 15 is 0 Å². The summed E-state index contributed by atoms with van der Waals surface area (Å²) in [6.07, 6.45) is 3.55. The summed E-state index contributed by atoms with van der Waals surface area (Å²) >= 11 is 3.39. The van der Waals surface area contributed by atoms with Crippen molar-refractivity contribution in [2.24, 2.45) is 0 Å². The van der Waals surface area contributed by atoms with Crippen molar-refractivity contribution in [3.8, 4) is 11.6 Å². The number of nitrogens with zero attached hydrogens (tertiary/aromatic N) is 2. The predicted molar refractivity (Wildman–Crippen MR) is 96.4 cm³/mol. The Kier molecular flexibility index (Phi) is 5.48. The first-order valence-electron chi connectivity index (χ1n) is 8.01. The van der Waals surface area contributed by atoms with Crippen LogP contribution in [0.3, 0.4) is 0 Å². The van der Waals surface area contributed by atoms with Gasteiger partial charge >= 0.3 is 0 Å². The quantitative estimate of drug-likeness (QED) is 0.869. The Balaban J connectivity index is 1.64. The van der Waals surface area contributed by atoms with E-state index in [1.165, 1.54) is 0 Å². The van der Waals surface area contributed by atoms with Crippen LogP contribution in [0.4, 0.5) is 0 Å². The molecule has 2 heterocycles. The Hall–Kier alpha value is -1.92. The van der Waals surface area contributed by atoms with E-state index in [0.717, 1.165) is 30.4 Å². The minimum absolute atomic E-state index is 0.00425. The van der Waals surface area contributed by atoms with Gasteiger partial charge in [-0.2, -0.15) is 0 Å². The lowest BCUT2D eigenvalue weighted by Crippen LogP contribution is -2.43. The molecular weight excluding hydrogens is 370 g/mol. The molecule has 1 fully saturated rings. The number of piperidine rings is 1. The molecule has 0 spiro atoms. The molecule has 0 aliphatic carbocycles. The highest BCUT2D eigenvalue weighted by molar-refractivity contribution is 9.10. The van der Waals surface area contributed by atoms with Crippen molar-refractivity contribution in [1.29, 1.82) is 0 Å². The highest BCUT2D eigenvalue weighted by Gasteiger charge is 2.23. The normalized spacial score (nSPS) is 15.1. The van der Waals surface area contributed by atoms with Crippen molar-refractivity contribution in [2.45, 2.75) is 18.9 Å². The summed E-state index contributed by atoms with van der Waals surface area (Å²) in [5.74, 6) is 1.18. The number of halogens is 1. The molecule has 6 heteroatoms. The van der Waals surface area contributed by atoms with Crippen LogP contribution in [0.1, 0.15) is 23.2 Å². The number of amides is 1. The van der Waals surface area contributed by atoms with E-state index in [4.69, 9.17) is 4.74 Å². The van der Waals surface area contributed by atoms with Gasteiger partial charge in [0, 0.05) is 29.8 Å². The Bertz CT molecular complexity index is 682. The van der Waals surface area contributed by atoms with Crippen molar-refractivity contribution >= 4 is 21.8 Å². The number of pyridine rings is 1. The number of hydrogen-bond acceptors (Lipinski definition) is 4. The van der Waals surface area contributed by atoms with Crippen LogP contribution >= 0.6 is 15.9 Å². The molecule has 24 heavy (non-hydrogen) atoms. The van der Waals surface area contributed by atoms with Crippen LogP contribution in [-0.4, -0.2) is 42.0 Å². The molecule has 1 aromatic carbocycles. The summed E-state index contributed by atoms with van der Waals surface area (Å²) in [6.45, 7) is 1.92. The topological polar surface area (TPSA) is 54.5 Å². The van der Waals surface area contributed by atoms with Gasteiger partial charge < -0.3 is 15.0 Å². The summed E-state index contributed by atoms with van der Waals surface area (Å²) in [4.78, 5) is 18.6. The number of carbonyl (C=O) groups excluding carboxylic acids is 1. The zero-order valence-corrected chi connectivity index (χ0v) is 15.1. The van der Waals surface area contributed by atoms with Crippen LogP contribution in [0, 0.1) is 0 Å². The molecule has 3 rings (SSSR count). The number of hydrogen-bond donors (Lipinski definition) is 1. The number of aromatic nitrogens is 1. The molecule has 1 N–H and O–H groups in total. The maximum atomic E-state index is 12.6. The monoisotopic (exact) mass is 389 g/mol. The zero-order valence-electron chi connectivity index (χ0n) is 13.5. The second kappa shape index (κ2) is 7.77. The van der Waals surface area contributed by atoms with E-state index in [2.05, 4.69) is 26.2 Å². The molecule has 126 valence electrons. The Morgan fingerprint density at radius 3 is 2.54 bits per heavy atom. The molecular formula is C18H20BrN3O2. The first-order valence-corrected chi connectivity index (χ1v) is 8.80. The lowest BCUT2D eigenvalue weighted by molar-refractivity contribution is 0.0703. The van der Waals surface area contributed by atoms with Crippen molar-refractivity contribution in [3.63, 3.8) is 0 Å². The molecule has 0 unspecified atom stereocenters. The van der Waals surface area contributed by atoms with E-state index in [9.17, 15) is 4.79 Å². The first-order chi connectivity index (χ1) is 11.6. The van der Waals surface area contributed by atoms with Gasteiger partial charge in [0.1, 0.15) is 5.75 Å². The summed E-state index contributed by atoms with van der Waals surface area (Å²) in [5.41, 5.74) is 0.583. The number of benzene rings is 1. The molecule has 2 aromatic rings. The number of rotatable bonds is 4. The van der Waals surface area contributed by atoms with Gasteiger partial charge in [-0.05, 0) is 56.3 Å². The number of carbonyl (C=O) groups is 1. The van der Waals surface area contributed by atoms with E-state index in [1.54, 1.807) is 18.3 Å². The molecule has 0 bridgehead atoms. The smallest absolute Gasteiger partial charge is 0.255 e. The van der Waals surface area contributed by atoms with Gasteiger partial charge in [-0.1, -0.05) is 15.9 Å². The van der Waals surface area contributed by atoms with Crippen LogP contribution in [0.5, 0.6) is 11.6 Å². The van der Waals surface area contributed by atoms with Crippen molar-refractivity contribution in [2.75, 3.05) is 20.1 Å². The molecule has 1 aliphatic heterocycles. The van der Waals surface area contributed by atoms with E-state index in [0.29, 0.717) is 17.2 Å². The van der Waals surface area contributed by atoms with Gasteiger partial charge in [0.05, 0.1) is 5.56 Å². The van der Waals surface area contributed by atoms with Gasteiger partial charge in [0.2, 0.25) is 5.88 Å². The largest absolute Gasteiger partial charge is 0.439 e. The molecule has 1 saturated heterocycles. The average molecular weight is 390 g/mol. The first kappa shape index (κ1) is 16.9. The Labute approximate surface area is 150 Å². The van der Waals surface area contributed by atoms with Crippen LogP contribution in [0.2, 0.25) is 0 Å². The summed E-state index contributed by atoms with van der Waals surface area (Å²) in [5, 5.41) is 3.31. The van der Waals surface area contributed by atoms with E-state index < -0.39 is 0 Å². The zero-order chi connectivity index (χ0) is 16.9. The maximum absolute atomic E-state index is 12.6. The maximum Gasteiger partial charge on any atom is 0.255 e. The molecule has 1 aliphatic rings. The lowest BCUT2D eigenvalue weighted by atomic mass is 10.0. The van der Waals surface area contributed by atoms with E-state index in [1.807, 2.05) is 36.2 Å². The highest BCUT2D eigenvalue weighted by Crippen LogP contribution is 2.22. The molecule has 0 saturated carbocycles. The van der Waals surface area contributed by atoms with Gasteiger partial charge in [-0.15, -0.1) is 0 Å². The fourth-order valence-corrected chi connectivity index (χ4v) is 3.02. The fourth-order valence-electron chi connectivity index (χ4n) is 2.75. The fraction of sp³-hybridized carbons (Fsp3) is 0.333. The number of nitrogens with one attached hydrogen (secondary N) is 1. The van der Waals surface area contributed by atoms with Gasteiger partial charge in [0.25, 0.3) is 5.91 Å². The van der Waals surface area contributed by atoms with Gasteiger partial charge in [-0.25, -0.2) is 4.98 Å². The Morgan fingerprint density at radius 1 is 1.21 bits per heavy atom. The van der Waals surface area contributed by atoms with Gasteiger partial charge in [0.15, 0.2) is 0 Å². The minimum atomic E-state index is 0.00425. The molecule has 5 nitrogen and oxygen atoms in total. The molecule has 1 aromatic heterocycles. The lowest BCUT2D eigenvalue weighted by Gasteiger charge is -2.31. The highest BCUT2D eigenvalue weighted by atomic mass is 79.9. The summed E-state index contributed by atoms with van der Waals surface area (Å²) < 4.78 is 6.67.